The summed E-state index contributed by atoms with van der Waals surface area (Å²) in [5.41, 5.74) is 7.90. The molecule has 0 fully saturated rings. The molecule has 1 aliphatic heterocycles. The number of thiocarbonyl (C=S) groups is 1. The zero-order chi connectivity index (χ0) is 20.5. The molecule has 2 atom stereocenters. The van der Waals surface area contributed by atoms with E-state index in [0.29, 0.717) is 11.4 Å². The third kappa shape index (κ3) is 3.40. The van der Waals surface area contributed by atoms with Gasteiger partial charge in [-0.2, -0.15) is 0 Å². The number of nitrogens with one attached hydrogen (secondary N) is 2. The third-order valence-electron chi connectivity index (χ3n) is 5.16. The molecule has 0 spiro atoms. The Morgan fingerprint density at radius 2 is 1.83 bits per heavy atom. The zero-order valence-corrected chi connectivity index (χ0v) is 16.5. The van der Waals surface area contributed by atoms with Gasteiger partial charge in [0.25, 0.3) is 0 Å². The predicted octanol–water partition coefficient (Wildman–Crippen LogP) is 2.91. The van der Waals surface area contributed by atoms with Crippen LogP contribution in [0.1, 0.15) is 17.0 Å². The molecule has 0 saturated heterocycles. The average molecular weight is 405 g/mol. The molecule has 0 bridgehead atoms. The quantitative estimate of drug-likeness (QED) is 0.460. The highest BCUT2D eigenvalue weighted by molar-refractivity contribution is 7.80. The summed E-state index contributed by atoms with van der Waals surface area (Å²) in [6, 6.07) is 19.1. The molecule has 0 aromatic heterocycles. The zero-order valence-electron chi connectivity index (χ0n) is 15.6. The van der Waals surface area contributed by atoms with Gasteiger partial charge in [0.15, 0.2) is 5.11 Å². The lowest BCUT2D eigenvalue weighted by molar-refractivity contribution is -0.132. The molecule has 2 amide bonds. The Balaban J connectivity index is 1.95. The molecule has 7 heteroatoms. The van der Waals surface area contributed by atoms with E-state index >= 15 is 0 Å². The standard InChI is InChI=1S/C22H19N3O3S/c1-28-14-9-6-13(7-10-14)17-18-15-5-3-2-4-12(15)8-11-16(18)24-20(26)19(17)21(27)25-22(23)29/h2-11,17,19H,1H3,(H,24,26)(H3,23,25,27,29). The molecule has 29 heavy (non-hydrogen) atoms. The van der Waals surface area contributed by atoms with Crippen molar-refractivity contribution in [2.24, 2.45) is 11.7 Å². The van der Waals surface area contributed by atoms with Crippen molar-refractivity contribution in [2.75, 3.05) is 12.4 Å². The normalized spacial score (nSPS) is 17.9. The van der Waals surface area contributed by atoms with E-state index in [2.05, 4.69) is 10.6 Å². The second-order valence-corrected chi connectivity index (χ2v) is 7.26. The summed E-state index contributed by atoms with van der Waals surface area (Å²) >= 11 is 4.82. The third-order valence-corrected chi connectivity index (χ3v) is 5.26. The lowest BCUT2D eigenvalue weighted by Gasteiger charge is -2.33. The van der Waals surface area contributed by atoms with Crippen molar-refractivity contribution < 1.29 is 14.3 Å². The van der Waals surface area contributed by atoms with Crippen LogP contribution in [0.3, 0.4) is 0 Å². The van der Waals surface area contributed by atoms with Crippen molar-refractivity contribution in [2.45, 2.75) is 5.92 Å². The molecular weight excluding hydrogens is 386 g/mol. The van der Waals surface area contributed by atoms with E-state index in [-0.39, 0.29) is 5.11 Å². The minimum absolute atomic E-state index is 0.167. The summed E-state index contributed by atoms with van der Waals surface area (Å²) in [6.45, 7) is 0. The predicted molar refractivity (Wildman–Crippen MR) is 116 cm³/mol. The van der Waals surface area contributed by atoms with E-state index < -0.39 is 23.7 Å². The van der Waals surface area contributed by atoms with Crippen LogP contribution in [-0.2, 0) is 9.59 Å². The number of hydrogen-bond donors (Lipinski definition) is 3. The summed E-state index contributed by atoms with van der Waals surface area (Å²) in [6.07, 6.45) is 0. The molecule has 3 aromatic rings. The number of hydrogen-bond acceptors (Lipinski definition) is 4. The summed E-state index contributed by atoms with van der Waals surface area (Å²) in [5, 5.41) is 7.13. The number of methoxy groups -OCH3 is 1. The van der Waals surface area contributed by atoms with Gasteiger partial charge in [0, 0.05) is 11.6 Å². The highest BCUT2D eigenvalue weighted by Gasteiger charge is 2.42. The Labute approximate surface area is 173 Å². The second-order valence-electron chi connectivity index (χ2n) is 6.82. The van der Waals surface area contributed by atoms with E-state index in [0.717, 1.165) is 21.9 Å². The number of nitrogens with two attached hydrogens (primary N) is 1. The van der Waals surface area contributed by atoms with Crippen LogP contribution < -0.4 is 21.1 Å². The average Bonchev–Trinajstić information content (AvgIpc) is 2.72. The van der Waals surface area contributed by atoms with Crippen molar-refractivity contribution >= 4 is 45.6 Å². The Morgan fingerprint density at radius 1 is 1.10 bits per heavy atom. The SMILES string of the molecule is COc1ccc(C2c3c(ccc4ccccc34)NC(=O)C2C(=O)NC(N)=S)cc1. The van der Waals surface area contributed by atoms with Crippen LogP contribution in [0, 0.1) is 5.92 Å². The number of benzene rings is 3. The molecule has 1 heterocycles. The fourth-order valence-electron chi connectivity index (χ4n) is 3.91. The second kappa shape index (κ2) is 7.52. The molecule has 146 valence electrons. The van der Waals surface area contributed by atoms with E-state index in [1.54, 1.807) is 7.11 Å². The smallest absolute Gasteiger partial charge is 0.239 e. The largest absolute Gasteiger partial charge is 0.497 e. The number of anilines is 1. The molecule has 4 rings (SSSR count). The monoisotopic (exact) mass is 405 g/mol. The lowest BCUT2D eigenvalue weighted by Crippen LogP contribution is -2.47. The summed E-state index contributed by atoms with van der Waals surface area (Å²) < 4.78 is 5.25. The molecule has 0 saturated carbocycles. The molecule has 4 N–H and O–H groups in total. The number of ether oxygens (including phenoxy) is 1. The summed E-state index contributed by atoms with van der Waals surface area (Å²) in [7, 11) is 1.59. The molecule has 2 unspecified atom stereocenters. The van der Waals surface area contributed by atoms with Crippen LogP contribution in [0.15, 0.2) is 60.7 Å². The maximum atomic E-state index is 12.9. The van der Waals surface area contributed by atoms with Gasteiger partial charge in [-0.3, -0.25) is 9.59 Å². The van der Waals surface area contributed by atoms with E-state index in [4.69, 9.17) is 22.7 Å². The van der Waals surface area contributed by atoms with Crippen LogP contribution in [0.25, 0.3) is 10.8 Å². The van der Waals surface area contributed by atoms with Crippen molar-refractivity contribution in [1.29, 1.82) is 0 Å². The number of carbonyl (C=O) groups is 2. The molecule has 1 aliphatic rings. The summed E-state index contributed by atoms with van der Waals surface area (Å²) in [5.74, 6) is -1.78. The van der Waals surface area contributed by atoms with Crippen LogP contribution in [0.5, 0.6) is 5.75 Å². The van der Waals surface area contributed by atoms with Gasteiger partial charge in [-0.05, 0) is 52.3 Å². The number of fused-ring (bicyclic) bond motifs is 3. The van der Waals surface area contributed by atoms with Crippen molar-refractivity contribution in [3.8, 4) is 5.75 Å². The van der Waals surface area contributed by atoms with Gasteiger partial charge in [0.1, 0.15) is 11.7 Å². The number of amides is 2. The highest BCUT2D eigenvalue weighted by Crippen LogP contribution is 2.44. The van der Waals surface area contributed by atoms with Crippen molar-refractivity contribution in [1.82, 2.24) is 5.32 Å². The van der Waals surface area contributed by atoms with Crippen molar-refractivity contribution in [3.63, 3.8) is 0 Å². The van der Waals surface area contributed by atoms with Gasteiger partial charge < -0.3 is 21.1 Å². The first-order valence-corrected chi connectivity index (χ1v) is 9.47. The molecule has 3 aromatic carbocycles. The van der Waals surface area contributed by atoms with Gasteiger partial charge in [0.2, 0.25) is 11.8 Å². The van der Waals surface area contributed by atoms with Gasteiger partial charge in [0.05, 0.1) is 7.11 Å². The maximum Gasteiger partial charge on any atom is 0.239 e. The van der Waals surface area contributed by atoms with Gasteiger partial charge in [-0.15, -0.1) is 0 Å². The Hall–Kier alpha value is -3.45. The highest BCUT2D eigenvalue weighted by atomic mass is 32.1. The van der Waals surface area contributed by atoms with Crippen LogP contribution in [-0.4, -0.2) is 24.0 Å². The van der Waals surface area contributed by atoms with Gasteiger partial charge in [-0.1, -0.05) is 42.5 Å². The first kappa shape index (κ1) is 18.9. The van der Waals surface area contributed by atoms with Crippen LogP contribution >= 0.6 is 12.2 Å². The van der Waals surface area contributed by atoms with Crippen LogP contribution in [0.2, 0.25) is 0 Å². The maximum absolute atomic E-state index is 12.9. The molecule has 0 radical (unpaired) electrons. The topological polar surface area (TPSA) is 93.4 Å². The van der Waals surface area contributed by atoms with E-state index in [1.807, 2.05) is 60.7 Å². The number of carbonyl (C=O) groups excluding carboxylic acids is 2. The summed E-state index contributed by atoms with van der Waals surface area (Å²) in [4.78, 5) is 25.8. The molecule has 6 nitrogen and oxygen atoms in total. The first-order valence-electron chi connectivity index (χ1n) is 9.06. The Kier molecular flexibility index (Phi) is 4.90. The Bertz CT molecular complexity index is 1130. The Morgan fingerprint density at radius 3 is 2.52 bits per heavy atom. The molecular formula is C22H19N3O3S. The lowest BCUT2D eigenvalue weighted by atomic mass is 9.75. The first-order chi connectivity index (χ1) is 14.0. The van der Waals surface area contributed by atoms with E-state index in [9.17, 15) is 9.59 Å². The minimum atomic E-state index is -1.02. The molecule has 0 aliphatic carbocycles. The van der Waals surface area contributed by atoms with E-state index in [1.165, 1.54) is 0 Å². The van der Waals surface area contributed by atoms with Gasteiger partial charge in [-0.25, -0.2) is 0 Å². The fourth-order valence-corrected chi connectivity index (χ4v) is 4.01. The number of rotatable bonds is 3. The fraction of sp³-hybridized carbons (Fsp3) is 0.136. The van der Waals surface area contributed by atoms with Crippen molar-refractivity contribution in [3.05, 3.63) is 71.8 Å². The van der Waals surface area contributed by atoms with Gasteiger partial charge >= 0.3 is 0 Å². The minimum Gasteiger partial charge on any atom is -0.497 e. The van der Waals surface area contributed by atoms with Crippen LogP contribution in [0.4, 0.5) is 5.69 Å².